The highest BCUT2D eigenvalue weighted by atomic mass is 15.2. The molecule has 9 aromatic rings. The minimum absolute atomic E-state index is 0.0409. The van der Waals surface area contributed by atoms with E-state index < -0.39 is 0 Å². The molecule has 6 aromatic carbocycles. The van der Waals surface area contributed by atoms with E-state index in [0.717, 1.165) is 44.1 Å². The molecule has 52 heavy (non-hydrogen) atoms. The van der Waals surface area contributed by atoms with Gasteiger partial charge in [0.05, 0.1) is 22.1 Å². The third-order valence-corrected chi connectivity index (χ3v) is 10.3. The average molecular weight is 676 g/mol. The fourth-order valence-electron chi connectivity index (χ4n) is 7.46. The molecule has 0 aliphatic carbocycles. The van der Waals surface area contributed by atoms with E-state index in [0.29, 0.717) is 17.6 Å². The first kappa shape index (κ1) is 31.9. The quantitative estimate of drug-likeness (QED) is 0.187. The first-order valence-electron chi connectivity index (χ1n) is 18.0. The predicted octanol–water partition coefficient (Wildman–Crippen LogP) is 12.0. The van der Waals surface area contributed by atoms with Crippen molar-refractivity contribution >= 4 is 43.6 Å². The molecule has 0 radical (unpaired) electrons. The van der Waals surface area contributed by atoms with Crippen LogP contribution in [0.4, 0.5) is 0 Å². The molecular formula is C47H41N5. The van der Waals surface area contributed by atoms with Crippen LogP contribution in [0.2, 0.25) is 0 Å². The first-order valence-corrected chi connectivity index (χ1v) is 18.0. The number of aromatic nitrogens is 5. The van der Waals surface area contributed by atoms with E-state index in [4.69, 9.17) is 15.0 Å². The Bertz CT molecular complexity index is 2700. The molecule has 0 amide bonds. The number of benzene rings is 6. The normalized spacial score (nSPS) is 12.4. The fraction of sp³-hybridized carbons (Fsp3) is 0.170. The predicted molar refractivity (Wildman–Crippen MR) is 217 cm³/mol. The van der Waals surface area contributed by atoms with Crippen LogP contribution in [-0.2, 0) is 10.8 Å². The van der Waals surface area contributed by atoms with E-state index in [1.165, 1.54) is 27.4 Å². The van der Waals surface area contributed by atoms with E-state index in [1.807, 2.05) is 0 Å². The molecule has 0 saturated carbocycles. The maximum atomic E-state index is 5.26. The van der Waals surface area contributed by atoms with Crippen molar-refractivity contribution in [3.05, 3.63) is 151 Å². The molecule has 0 bridgehead atoms. The van der Waals surface area contributed by atoms with Crippen LogP contribution in [0, 0.1) is 0 Å². The van der Waals surface area contributed by atoms with Crippen molar-refractivity contribution in [2.45, 2.75) is 52.4 Å². The third kappa shape index (κ3) is 5.27. The Kier molecular flexibility index (Phi) is 7.20. The highest BCUT2D eigenvalue weighted by molar-refractivity contribution is 6.19. The second kappa shape index (κ2) is 11.7. The van der Waals surface area contributed by atoms with Gasteiger partial charge in [-0.3, -0.25) is 4.57 Å². The van der Waals surface area contributed by atoms with E-state index in [-0.39, 0.29) is 10.8 Å². The van der Waals surface area contributed by atoms with Crippen molar-refractivity contribution in [3.63, 3.8) is 0 Å². The molecule has 5 heteroatoms. The van der Waals surface area contributed by atoms with Crippen LogP contribution in [0.1, 0.15) is 52.7 Å². The molecule has 0 aliphatic heterocycles. The maximum absolute atomic E-state index is 5.26. The Morgan fingerprint density at radius 2 is 0.827 bits per heavy atom. The van der Waals surface area contributed by atoms with Gasteiger partial charge >= 0.3 is 0 Å². The van der Waals surface area contributed by atoms with Gasteiger partial charge in [-0.1, -0.05) is 145 Å². The lowest BCUT2D eigenvalue weighted by molar-refractivity contribution is 0.590. The first-order chi connectivity index (χ1) is 25.0. The van der Waals surface area contributed by atoms with Crippen LogP contribution in [0.25, 0.3) is 78.0 Å². The van der Waals surface area contributed by atoms with Gasteiger partial charge in [0.2, 0.25) is 5.95 Å². The Labute approximate surface area is 304 Å². The molecule has 3 heterocycles. The van der Waals surface area contributed by atoms with Crippen LogP contribution < -0.4 is 0 Å². The van der Waals surface area contributed by atoms with Gasteiger partial charge in [-0.05, 0) is 58.4 Å². The van der Waals surface area contributed by atoms with Crippen LogP contribution >= 0.6 is 0 Å². The van der Waals surface area contributed by atoms with Gasteiger partial charge in [0.25, 0.3) is 0 Å². The SMILES string of the molecule is CC(C)(C)c1ccc(-c2nc(-c3ccc(C(C)(C)C)cc3)nc(-n3c4ccccc4c4cc5c6ccccc6n(-c6ccccc6)c5cc43)n2)cc1. The monoisotopic (exact) mass is 675 g/mol. The number of rotatable bonds is 4. The Balaban J connectivity index is 1.34. The van der Waals surface area contributed by atoms with Crippen molar-refractivity contribution in [1.29, 1.82) is 0 Å². The minimum Gasteiger partial charge on any atom is -0.309 e. The highest BCUT2D eigenvalue weighted by Gasteiger charge is 2.22. The van der Waals surface area contributed by atoms with Gasteiger partial charge in [0, 0.05) is 38.4 Å². The molecule has 9 rings (SSSR count). The zero-order valence-corrected chi connectivity index (χ0v) is 30.5. The zero-order valence-electron chi connectivity index (χ0n) is 30.5. The maximum Gasteiger partial charge on any atom is 0.238 e. The molecule has 3 aromatic heterocycles. The summed E-state index contributed by atoms with van der Waals surface area (Å²) >= 11 is 0. The lowest BCUT2D eigenvalue weighted by Gasteiger charge is -2.19. The summed E-state index contributed by atoms with van der Waals surface area (Å²) in [5.41, 5.74) is 10.1. The Hall–Kier alpha value is -6.07. The minimum atomic E-state index is 0.0409. The molecular weight excluding hydrogens is 635 g/mol. The van der Waals surface area contributed by atoms with Gasteiger partial charge < -0.3 is 4.57 Å². The Morgan fingerprint density at radius 3 is 1.33 bits per heavy atom. The Morgan fingerprint density at radius 1 is 0.385 bits per heavy atom. The summed E-state index contributed by atoms with van der Waals surface area (Å²) in [5.74, 6) is 1.88. The smallest absolute Gasteiger partial charge is 0.238 e. The second-order valence-electron chi connectivity index (χ2n) is 15.9. The van der Waals surface area contributed by atoms with E-state index >= 15 is 0 Å². The number of para-hydroxylation sites is 3. The van der Waals surface area contributed by atoms with Gasteiger partial charge in [-0.25, -0.2) is 4.98 Å². The standard InChI is InChI=1S/C47H41N5/c1-46(2,3)32-24-20-30(21-25-32)43-48-44(31-22-26-33(27-23-31)47(4,5)6)50-45(49-43)52-40-19-13-11-17-36(40)38-28-37-35-16-10-12-18-39(35)51(41(37)29-42(38)52)34-14-8-7-9-15-34/h7-29H,1-6H3. The summed E-state index contributed by atoms with van der Waals surface area (Å²) < 4.78 is 4.59. The second-order valence-corrected chi connectivity index (χ2v) is 15.9. The summed E-state index contributed by atoms with van der Waals surface area (Å²) in [6.45, 7) is 13.4. The van der Waals surface area contributed by atoms with Crippen molar-refractivity contribution in [2.75, 3.05) is 0 Å². The summed E-state index contributed by atoms with van der Waals surface area (Å²) in [4.78, 5) is 15.6. The summed E-state index contributed by atoms with van der Waals surface area (Å²) in [6, 6.07) is 49.8. The lowest BCUT2D eigenvalue weighted by atomic mass is 9.86. The topological polar surface area (TPSA) is 48.5 Å². The van der Waals surface area contributed by atoms with Crippen molar-refractivity contribution in [2.24, 2.45) is 0 Å². The fourth-order valence-corrected chi connectivity index (χ4v) is 7.46. The summed E-state index contributed by atoms with van der Waals surface area (Å²) in [5, 5.41) is 4.75. The number of hydrogen-bond donors (Lipinski definition) is 0. The largest absolute Gasteiger partial charge is 0.309 e. The van der Waals surface area contributed by atoms with E-state index in [1.54, 1.807) is 0 Å². The molecule has 5 nitrogen and oxygen atoms in total. The van der Waals surface area contributed by atoms with Gasteiger partial charge in [-0.15, -0.1) is 0 Å². The molecule has 0 spiro atoms. The van der Waals surface area contributed by atoms with Crippen LogP contribution in [0.5, 0.6) is 0 Å². The van der Waals surface area contributed by atoms with Gasteiger partial charge in [0.1, 0.15) is 0 Å². The molecule has 0 unspecified atom stereocenters. The number of fused-ring (bicyclic) bond motifs is 6. The zero-order chi connectivity index (χ0) is 35.8. The van der Waals surface area contributed by atoms with Crippen molar-refractivity contribution < 1.29 is 0 Å². The summed E-state index contributed by atoms with van der Waals surface area (Å²) in [6.07, 6.45) is 0. The van der Waals surface area contributed by atoms with Gasteiger partial charge in [0.15, 0.2) is 11.6 Å². The third-order valence-electron chi connectivity index (χ3n) is 10.3. The average Bonchev–Trinajstić information content (AvgIpc) is 3.65. The lowest BCUT2D eigenvalue weighted by Crippen LogP contribution is -2.11. The van der Waals surface area contributed by atoms with Crippen molar-refractivity contribution in [3.8, 4) is 34.4 Å². The molecule has 0 fully saturated rings. The van der Waals surface area contributed by atoms with Gasteiger partial charge in [-0.2, -0.15) is 9.97 Å². The summed E-state index contributed by atoms with van der Waals surface area (Å²) in [7, 11) is 0. The number of hydrogen-bond acceptors (Lipinski definition) is 3. The van der Waals surface area contributed by atoms with E-state index in [2.05, 4.69) is 190 Å². The highest BCUT2D eigenvalue weighted by Crippen LogP contribution is 2.39. The molecule has 0 saturated heterocycles. The van der Waals surface area contributed by atoms with Crippen molar-refractivity contribution in [1.82, 2.24) is 24.1 Å². The van der Waals surface area contributed by atoms with Crippen LogP contribution in [0.3, 0.4) is 0 Å². The molecule has 0 N–H and O–H groups in total. The van der Waals surface area contributed by atoms with E-state index in [9.17, 15) is 0 Å². The van der Waals surface area contributed by atoms with Crippen LogP contribution in [-0.4, -0.2) is 24.1 Å². The molecule has 254 valence electrons. The van der Waals surface area contributed by atoms with Crippen LogP contribution in [0.15, 0.2) is 140 Å². The number of nitrogens with zero attached hydrogens (tertiary/aromatic N) is 5. The molecule has 0 atom stereocenters. The molecule has 0 aliphatic rings.